The molecule has 0 atom stereocenters. The van der Waals surface area contributed by atoms with Crippen molar-refractivity contribution in [3.8, 4) is 11.1 Å². The fourth-order valence-electron chi connectivity index (χ4n) is 3.05. The van der Waals surface area contributed by atoms with Crippen LogP contribution < -0.4 is 0 Å². The molecule has 0 spiro atoms. The van der Waals surface area contributed by atoms with E-state index in [9.17, 15) is 0 Å². The molecule has 0 heterocycles. The van der Waals surface area contributed by atoms with Gasteiger partial charge in [-0.15, -0.1) is 59.3 Å². The van der Waals surface area contributed by atoms with E-state index in [0.29, 0.717) is 0 Å². The molecule has 5 aromatic carbocycles. The van der Waals surface area contributed by atoms with Crippen LogP contribution in [0.25, 0.3) is 21.9 Å². The first kappa shape index (κ1) is 31.2. The van der Waals surface area contributed by atoms with Gasteiger partial charge in [-0.25, -0.2) is 0 Å². The van der Waals surface area contributed by atoms with Crippen LogP contribution >= 0.6 is 24.8 Å². The van der Waals surface area contributed by atoms with Crippen LogP contribution in [0.1, 0.15) is 12.5 Å². The van der Waals surface area contributed by atoms with E-state index in [1.54, 1.807) is 0 Å². The maximum absolute atomic E-state index is 3.06. The van der Waals surface area contributed by atoms with Crippen molar-refractivity contribution in [2.24, 2.45) is 0 Å². The van der Waals surface area contributed by atoms with Gasteiger partial charge in [0, 0.05) is 0 Å². The Morgan fingerprint density at radius 1 is 0.697 bits per heavy atom. The van der Waals surface area contributed by atoms with E-state index in [0.717, 1.165) is 6.42 Å². The standard InChI is InChI=1S/C17H15.2C6H5.2ClH.Si.Zr/c1-2-13-11-15-9-6-10-16(17(15)12-13)14-7-4-3-5-8-14;2*1-2-4-6-5-3-1;;;;/h3-12H,2H2,1H3;2*1-5H;2*1H;;/q3*-1;;;;. The van der Waals surface area contributed by atoms with Crippen LogP contribution in [-0.2, 0) is 29.8 Å². The largest absolute Gasteiger partial charge is 0.184 e. The summed E-state index contributed by atoms with van der Waals surface area (Å²) < 4.78 is 0. The average molecular weight is 566 g/mol. The van der Waals surface area contributed by atoms with Crippen LogP contribution in [0, 0.1) is 12.1 Å². The monoisotopic (exact) mass is 563 g/mol. The molecule has 0 aromatic heterocycles. The summed E-state index contributed by atoms with van der Waals surface area (Å²) in [5.41, 5.74) is 4.05. The second kappa shape index (κ2) is 19.6. The van der Waals surface area contributed by atoms with Gasteiger partial charge in [0.15, 0.2) is 0 Å². The van der Waals surface area contributed by atoms with Crippen LogP contribution in [0.3, 0.4) is 0 Å². The number of hydrogen-bond acceptors (Lipinski definition) is 0. The Balaban J connectivity index is 0.000000533. The minimum absolute atomic E-state index is 0. The molecule has 5 aromatic rings. The number of benzene rings is 4. The van der Waals surface area contributed by atoms with E-state index >= 15 is 0 Å². The van der Waals surface area contributed by atoms with Gasteiger partial charge in [0.25, 0.3) is 0 Å². The van der Waals surface area contributed by atoms with E-state index in [4.69, 9.17) is 0 Å². The maximum Gasteiger partial charge on any atom is -0.171 e. The van der Waals surface area contributed by atoms with E-state index in [-0.39, 0.29) is 24.8 Å². The molecule has 0 aliphatic carbocycles. The molecular formula is C29H27Cl2SiZr-3. The molecule has 0 fully saturated rings. The molecule has 0 saturated heterocycles. The zero-order valence-electron chi connectivity index (χ0n) is 18.6. The smallest absolute Gasteiger partial charge is 0.171 e. The first-order chi connectivity index (χ1) is 15.4. The van der Waals surface area contributed by atoms with Gasteiger partial charge in [-0.1, -0.05) is 48.9 Å². The second-order valence-electron chi connectivity index (χ2n) is 6.55. The van der Waals surface area contributed by atoms with Crippen LogP contribution in [0.4, 0.5) is 0 Å². The molecular weight excluding hydrogens is 539 g/mol. The summed E-state index contributed by atoms with van der Waals surface area (Å²) in [6, 6.07) is 46.8. The van der Waals surface area contributed by atoms with Crippen molar-refractivity contribution in [1.82, 2.24) is 0 Å². The molecule has 33 heavy (non-hydrogen) atoms. The van der Waals surface area contributed by atoms with Crippen LogP contribution in [0.5, 0.6) is 0 Å². The molecule has 168 valence electrons. The van der Waals surface area contributed by atoms with E-state index in [1.807, 2.05) is 60.7 Å². The zero-order chi connectivity index (χ0) is 22.2. The number of fused-ring (bicyclic) bond motifs is 1. The first-order valence-electron chi connectivity index (χ1n) is 10.2. The summed E-state index contributed by atoms with van der Waals surface area (Å²) >= 11 is 1.36. The van der Waals surface area contributed by atoms with E-state index in [1.165, 1.54) is 50.8 Å². The van der Waals surface area contributed by atoms with Crippen molar-refractivity contribution in [1.29, 1.82) is 0 Å². The summed E-state index contributed by atoms with van der Waals surface area (Å²) in [6.45, 7) is 5.27. The molecule has 0 amide bonds. The normalized spacial score (nSPS) is 8.61. The van der Waals surface area contributed by atoms with Gasteiger partial charge in [-0.05, 0) is 12.0 Å². The molecule has 2 radical (unpaired) electrons. The summed E-state index contributed by atoms with van der Waals surface area (Å²) in [5, 5.41) is 2.72. The van der Waals surface area contributed by atoms with Crippen molar-refractivity contribution in [3.63, 3.8) is 0 Å². The molecule has 4 heteroatoms. The molecule has 0 saturated carbocycles. The molecule has 0 nitrogen and oxygen atoms in total. The molecule has 0 bridgehead atoms. The molecule has 0 aliphatic rings. The van der Waals surface area contributed by atoms with Crippen LogP contribution in [-0.4, -0.2) is 6.88 Å². The predicted molar refractivity (Wildman–Crippen MR) is 145 cm³/mol. The van der Waals surface area contributed by atoms with Gasteiger partial charge in [0.2, 0.25) is 0 Å². The van der Waals surface area contributed by atoms with Crippen molar-refractivity contribution in [2.75, 3.05) is 0 Å². The van der Waals surface area contributed by atoms with Crippen LogP contribution in [0.2, 0.25) is 0 Å². The third-order valence-corrected chi connectivity index (χ3v) is 4.52. The van der Waals surface area contributed by atoms with Gasteiger partial charge >= 0.3 is 30.2 Å². The Kier molecular flexibility index (Phi) is 18.5. The van der Waals surface area contributed by atoms with Crippen molar-refractivity contribution < 1.29 is 23.3 Å². The molecule has 0 aliphatic heterocycles. The fourth-order valence-corrected chi connectivity index (χ4v) is 3.05. The Labute approximate surface area is 227 Å². The Hall–Kier alpha value is -1.83. The fraction of sp³-hybridized carbons (Fsp3) is 0.0690. The quantitative estimate of drug-likeness (QED) is 0.149. The minimum atomic E-state index is 0. The Morgan fingerprint density at radius 3 is 1.64 bits per heavy atom. The van der Waals surface area contributed by atoms with Gasteiger partial charge in [0.05, 0.1) is 0 Å². The average Bonchev–Trinajstić information content (AvgIpc) is 3.32. The summed E-state index contributed by atoms with van der Waals surface area (Å²) in [5.74, 6) is 0. The summed E-state index contributed by atoms with van der Waals surface area (Å²) in [4.78, 5) is 0. The third-order valence-electron chi connectivity index (χ3n) is 4.52. The zero-order valence-corrected chi connectivity index (χ0v) is 23.7. The van der Waals surface area contributed by atoms with Gasteiger partial charge < -0.3 is 0 Å². The Bertz CT molecular complexity index is 1010. The first-order valence-corrected chi connectivity index (χ1v) is 14.4. The van der Waals surface area contributed by atoms with E-state index < -0.39 is 0 Å². The summed E-state index contributed by atoms with van der Waals surface area (Å²) in [7, 11) is 0. The van der Waals surface area contributed by atoms with Crippen molar-refractivity contribution >= 4 is 42.5 Å². The summed E-state index contributed by atoms with van der Waals surface area (Å²) in [6.07, 6.45) is 1.10. The van der Waals surface area contributed by atoms with Gasteiger partial charge in [-0.3, -0.25) is 0 Å². The van der Waals surface area contributed by atoms with E-state index in [2.05, 4.69) is 86.6 Å². The molecule has 5 rings (SSSR count). The third kappa shape index (κ3) is 11.2. The SMILES string of the molecule is CCc1cc2c(-c3ccccc3)cccc2[cH-]1.Cl.Cl.[Si]=[Zr].[c-]1ccccc1.[c-]1ccccc1. The molecule has 0 unspecified atom stereocenters. The number of hydrogen-bond donors (Lipinski definition) is 0. The Morgan fingerprint density at radius 2 is 1.21 bits per heavy atom. The van der Waals surface area contributed by atoms with Gasteiger partial charge in [-0.2, -0.15) is 78.9 Å². The predicted octanol–water partition coefficient (Wildman–Crippen LogP) is 8.22. The topological polar surface area (TPSA) is 0 Å². The maximum atomic E-state index is 3.06. The minimum Gasteiger partial charge on any atom is -0.184 e. The van der Waals surface area contributed by atoms with Crippen molar-refractivity contribution in [2.45, 2.75) is 13.3 Å². The van der Waals surface area contributed by atoms with Crippen LogP contribution in [0.15, 0.2) is 121 Å². The second-order valence-corrected chi connectivity index (χ2v) is 6.55. The number of rotatable bonds is 2. The molecule has 0 N–H and O–H groups in total. The van der Waals surface area contributed by atoms with Crippen molar-refractivity contribution in [3.05, 3.63) is 139 Å². The van der Waals surface area contributed by atoms with Gasteiger partial charge in [0.1, 0.15) is 0 Å². The number of aryl methyl sites for hydroxylation is 1. The number of halogens is 2.